The van der Waals surface area contributed by atoms with Crippen LogP contribution in [0.2, 0.25) is 0 Å². The predicted molar refractivity (Wildman–Crippen MR) is 107 cm³/mol. The summed E-state index contributed by atoms with van der Waals surface area (Å²) in [5.41, 5.74) is -0.376. The molecule has 7 nitrogen and oxygen atoms in total. The highest BCUT2D eigenvalue weighted by atomic mass is 32.1. The minimum atomic E-state index is -0.866. The highest BCUT2D eigenvalue weighted by Gasteiger charge is 2.30. The molecule has 1 amide bonds. The fourth-order valence-corrected chi connectivity index (χ4v) is 4.23. The van der Waals surface area contributed by atoms with E-state index in [1.807, 2.05) is 20.8 Å². The number of aliphatic hydroxyl groups excluding tert-OH is 1. The zero-order chi connectivity index (χ0) is 20.7. The first-order chi connectivity index (χ1) is 13.2. The second kappa shape index (κ2) is 10.2. The van der Waals surface area contributed by atoms with Crippen LogP contribution >= 0.6 is 11.3 Å². The SMILES string of the molecule is CCOC(=O)c1csc([C@H](O)C[C@@H](NC(=O)OC(C)(C)C)C2CCCCC2)n1. The van der Waals surface area contributed by atoms with Gasteiger partial charge in [-0.15, -0.1) is 11.3 Å². The Morgan fingerprint density at radius 2 is 2.00 bits per heavy atom. The maximum Gasteiger partial charge on any atom is 0.407 e. The largest absolute Gasteiger partial charge is 0.461 e. The number of alkyl carbamates (subject to hydrolysis) is 1. The van der Waals surface area contributed by atoms with Gasteiger partial charge in [0.1, 0.15) is 16.7 Å². The van der Waals surface area contributed by atoms with Gasteiger partial charge in [0, 0.05) is 17.8 Å². The molecule has 0 saturated heterocycles. The van der Waals surface area contributed by atoms with Crippen molar-refractivity contribution in [3.63, 3.8) is 0 Å². The van der Waals surface area contributed by atoms with Crippen LogP contribution in [0.15, 0.2) is 5.38 Å². The highest BCUT2D eigenvalue weighted by molar-refractivity contribution is 7.09. The molecule has 1 saturated carbocycles. The molecular weight excluding hydrogens is 380 g/mol. The zero-order valence-corrected chi connectivity index (χ0v) is 18.0. The van der Waals surface area contributed by atoms with Crippen LogP contribution in [-0.2, 0) is 9.47 Å². The van der Waals surface area contributed by atoms with Crippen molar-refractivity contribution in [3.05, 3.63) is 16.1 Å². The van der Waals surface area contributed by atoms with Crippen molar-refractivity contribution in [2.75, 3.05) is 6.61 Å². The molecule has 2 rings (SSSR count). The van der Waals surface area contributed by atoms with Gasteiger partial charge in [-0.2, -0.15) is 0 Å². The first-order valence-corrected chi connectivity index (χ1v) is 10.9. The number of carbonyl (C=O) groups excluding carboxylic acids is 2. The van der Waals surface area contributed by atoms with Crippen molar-refractivity contribution >= 4 is 23.4 Å². The summed E-state index contributed by atoms with van der Waals surface area (Å²) in [4.78, 5) is 28.3. The van der Waals surface area contributed by atoms with Crippen LogP contribution in [0.5, 0.6) is 0 Å². The summed E-state index contributed by atoms with van der Waals surface area (Å²) in [6.07, 6.45) is 4.47. The van der Waals surface area contributed by atoms with Crippen LogP contribution in [0.3, 0.4) is 0 Å². The number of aromatic nitrogens is 1. The fraction of sp³-hybridized carbons (Fsp3) is 0.750. The average molecular weight is 413 g/mol. The lowest BCUT2D eigenvalue weighted by molar-refractivity contribution is 0.0439. The lowest BCUT2D eigenvalue weighted by atomic mass is 9.82. The molecule has 0 spiro atoms. The van der Waals surface area contributed by atoms with Gasteiger partial charge in [-0.25, -0.2) is 14.6 Å². The van der Waals surface area contributed by atoms with Gasteiger partial charge in [0.2, 0.25) is 0 Å². The molecule has 1 fully saturated rings. The van der Waals surface area contributed by atoms with E-state index in [9.17, 15) is 14.7 Å². The fourth-order valence-electron chi connectivity index (χ4n) is 3.45. The van der Waals surface area contributed by atoms with E-state index in [0.29, 0.717) is 17.3 Å². The van der Waals surface area contributed by atoms with Crippen molar-refractivity contribution in [2.24, 2.45) is 5.92 Å². The molecular formula is C20H32N2O5S. The minimum absolute atomic E-state index is 0.204. The molecule has 0 aromatic carbocycles. The molecule has 0 unspecified atom stereocenters. The zero-order valence-electron chi connectivity index (χ0n) is 17.2. The van der Waals surface area contributed by atoms with E-state index in [-0.39, 0.29) is 18.3 Å². The molecule has 8 heteroatoms. The number of aliphatic hydroxyl groups is 1. The number of hydrogen-bond donors (Lipinski definition) is 2. The lowest BCUT2D eigenvalue weighted by Gasteiger charge is -2.32. The number of carbonyl (C=O) groups is 2. The van der Waals surface area contributed by atoms with Gasteiger partial charge in [0.05, 0.1) is 6.61 Å². The number of thiazole rings is 1. The van der Waals surface area contributed by atoms with Gasteiger partial charge < -0.3 is 19.9 Å². The average Bonchev–Trinajstić information content (AvgIpc) is 3.11. The molecule has 2 N–H and O–H groups in total. The Hall–Kier alpha value is -1.67. The van der Waals surface area contributed by atoms with Crippen molar-refractivity contribution in [2.45, 2.75) is 84.0 Å². The van der Waals surface area contributed by atoms with Gasteiger partial charge >= 0.3 is 12.1 Å². The summed E-state index contributed by atoms with van der Waals surface area (Å²) in [7, 11) is 0. The normalized spacial score (nSPS) is 17.6. The van der Waals surface area contributed by atoms with E-state index in [1.54, 1.807) is 12.3 Å². The molecule has 28 heavy (non-hydrogen) atoms. The van der Waals surface area contributed by atoms with Crippen molar-refractivity contribution in [3.8, 4) is 0 Å². The monoisotopic (exact) mass is 412 g/mol. The predicted octanol–water partition coefficient (Wildman–Crippen LogP) is 4.22. The number of nitrogens with one attached hydrogen (secondary N) is 1. The summed E-state index contributed by atoms with van der Waals surface area (Å²) >= 11 is 1.22. The Balaban J connectivity index is 2.05. The quantitative estimate of drug-likeness (QED) is 0.651. The van der Waals surface area contributed by atoms with E-state index in [1.165, 1.54) is 17.8 Å². The Morgan fingerprint density at radius 3 is 2.61 bits per heavy atom. The molecule has 1 aromatic heterocycles. The summed E-state index contributed by atoms with van der Waals surface area (Å²) in [5, 5.41) is 15.7. The van der Waals surface area contributed by atoms with Crippen LogP contribution in [0.1, 0.15) is 87.8 Å². The first-order valence-electron chi connectivity index (χ1n) is 9.99. The Bertz CT molecular complexity index is 649. The van der Waals surface area contributed by atoms with E-state index >= 15 is 0 Å². The summed E-state index contributed by atoms with van der Waals surface area (Å²) in [5.74, 6) is -0.201. The molecule has 0 aliphatic heterocycles. The van der Waals surface area contributed by atoms with E-state index in [2.05, 4.69) is 10.3 Å². The topological polar surface area (TPSA) is 97.8 Å². The number of nitrogens with zero attached hydrogens (tertiary/aromatic N) is 1. The number of rotatable bonds is 7. The van der Waals surface area contributed by atoms with Crippen LogP contribution in [0.4, 0.5) is 4.79 Å². The molecule has 2 atom stereocenters. The molecule has 1 aromatic rings. The maximum atomic E-state index is 12.3. The highest BCUT2D eigenvalue weighted by Crippen LogP contribution is 2.32. The Kier molecular flexibility index (Phi) is 8.24. The minimum Gasteiger partial charge on any atom is -0.461 e. The third-order valence-corrected chi connectivity index (χ3v) is 5.64. The number of hydrogen-bond acceptors (Lipinski definition) is 7. The van der Waals surface area contributed by atoms with Crippen molar-refractivity contribution < 1.29 is 24.2 Å². The molecule has 0 bridgehead atoms. The molecule has 1 heterocycles. The third kappa shape index (κ3) is 7.05. The van der Waals surface area contributed by atoms with Crippen LogP contribution in [0.25, 0.3) is 0 Å². The number of esters is 1. The van der Waals surface area contributed by atoms with Gasteiger partial charge in [-0.05, 0) is 46.5 Å². The first kappa shape index (κ1) is 22.6. The number of ether oxygens (including phenoxy) is 2. The smallest absolute Gasteiger partial charge is 0.407 e. The maximum absolute atomic E-state index is 12.3. The molecule has 1 aliphatic carbocycles. The van der Waals surface area contributed by atoms with Crippen molar-refractivity contribution in [1.82, 2.24) is 10.3 Å². The lowest BCUT2D eigenvalue weighted by Crippen LogP contribution is -2.44. The Morgan fingerprint density at radius 1 is 1.32 bits per heavy atom. The summed E-state index contributed by atoms with van der Waals surface area (Å²) in [6.45, 7) is 7.48. The van der Waals surface area contributed by atoms with Gasteiger partial charge in [-0.3, -0.25) is 0 Å². The summed E-state index contributed by atoms with van der Waals surface area (Å²) < 4.78 is 10.3. The van der Waals surface area contributed by atoms with E-state index < -0.39 is 23.8 Å². The van der Waals surface area contributed by atoms with Gasteiger partial charge in [-0.1, -0.05) is 19.3 Å². The molecule has 158 valence electrons. The van der Waals surface area contributed by atoms with Crippen LogP contribution < -0.4 is 5.32 Å². The van der Waals surface area contributed by atoms with E-state index in [4.69, 9.17) is 9.47 Å². The van der Waals surface area contributed by atoms with Crippen LogP contribution in [0, 0.1) is 5.92 Å². The molecule has 0 radical (unpaired) electrons. The van der Waals surface area contributed by atoms with Crippen molar-refractivity contribution in [1.29, 1.82) is 0 Å². The summed E-state index contributed by atoms with van der Waals surface area (Å²) in [6, 6.07) is -0.208. The second-order valence-electron chi connectivity index (χ2n) is 8.19. The standard InChI is InChI=1S/C20H32N2O5S/c1-5-26-18(24)15-12-28-17(21-15)16(23)11-14(13-9-7-6-8-10-13)22-19(25)27-20(2,3)4/h12-14,16,23H,5-11H2,1-4H3,(H,22,25)/t14-,16-/m1/s1. The molecule has 1 aliphatic rings. The second-order valence-corrected chi connectivity index (χ2v) is 9.08. The Labute approximate surface area is 170 Å². The number of amides is 1. The van der Waals surface area contributed by atoms with Gasteiger partial charge in [0.25, 0.3) is 0 Å². The van der Waals surface area contributed by atoms with Crippen LogP contribution in [-0.4, -0.2) is 40.4 Å². The third-order valence-electron chi connectivity index (χ3n) is 4.69. The van der Waals surface area contributed by atoms with Gasteiger partial charge in [0.15, 0.2) is 5.69 Å². The van der Waals surface area contributed by atoms with E-state index in [0.717, 1.165) is 25.7 Å².